The van der Waals surface area contributed by atoms with Crippen molar-refractivity contribution in [2.75, 3.05) is 6.61 Å². The van der Waals surface area contributed by atoms with Gasteiger partial charge in [-0.05, 0) is 55.0 Å². The molecular formula is C19H21N3O8S2. The first-order valence-electron chi connectivity index (χ1n) is 9.29. The van der Waals surface area contributed by atoms with Crippen molar-refractivity contribution in [3.8, 4) is 11.5 Å². The second-order valence-corrected chi connectivity index (χ2v) is 8.43. The minimum absolute atomic E-state index is 0.00916. The molecule has 0 aliphatic carbocycles. The van der Waals surface area contributed by atoms with Crippen molar-refractivity contribution >= 4 is 39.2 Å². The number of ether oxygens (including phenoxy) is 1. The van der Waals surface area contributed by atoms with Crippen molar-refractivity contribution in [1.29, 1.82) is 0 Å². The number of thiocarbonyl (C=S) groups is 1. The number of unbranched alkanes of at least 4 members (excludes halogenated alkanes) is 1. The van der Waals surface area contributed by atoms with Gasteiger partial charge in [0.15, 0.2) is 5.11 Å². The number of carboxylic acid groups (broad SMARTS) is 1. The summed E-state index contributed by atoms with van der Waals surface area (Å²) in [5.74, 6) is 0.536. The fraction of sp³-hybridized carbons (Fsp3) is 0.263. The summed E-state index contributed by atoms with van der Waals surface area (Å²) < 4.78 is 35.7. The van der Waals surface area contributed by atoms with Crippen molar-refractivity contribution in [2.24, 2.45) is 5.73 Å². The zero-order valence-electron chi connectivity index (χ0n) is 17.0. The van der Waals surface area contributed by atoms with E-state index in [1.165, 1.54) is 12.1 Å². The number of nitro groups is 1. The van der Waals surface area contributed by atoms with E-state index in [9.17, 15) is 23.3 Å². The largest absolute Gasteiger partial charge is 0.494 e. The zero-order chi connectivity index (χ0) is 23.9. The molecule has 0 radical (unpaired) electrons. The van der Waals surface area contributed by atoms with Crippen LogP contribution >= 0.6 is 12.2 Å². The van der Waals surface area contributed by atoms with Gasteiger partial charge in [0.05, 0.1) is 18.1 Å². The Hall–Kier alpha value is -3.45. The van der Waals surface area contributed by atoms with Crippen LogP contribution < -0.4 is 14.7 Å². The molecule has 0 saturated heterocycles. The molecule has 1 amide bonds. The Bertz CT molecular complexity index is 1090. The Kier molecular flexibility index (Phi) is 8.32. The van der Waals surface area contributed by atoms with Crippen molar-refractivity contribution in [2.45, 2.75) is 31.2 Å². The van der Waals surface area contributed by atoms with Gasteiger partial charge in [0, 0.05) is 11.6 Å². The molecule has 2 aromatic carbocycles. The number of hydrogen-bond acceptors (Lipinski definition) is 8. The summed E-state index contributed by atoms with van der Waals surface area (Å²) in [6.07, 6.45) is 0.342. The van der Waals surface area contributed by atoms with Crippen LogP contribution in [0.5, 0.6) is 11.5 Å². The molecule has 0 spiro atoms. The summed E-state index contributed by atoms with van der Waals surface area (Å²) >= 11 is 4.63. The van der Waals surface area contributed by atoms with Gasteiger partial charge in [-0.25, -0.2) is 9.69 Å². The van der Waals surface area contributed by atoms with E-state index < -0.39 is 43.4 Å². The number of nitrogens with zero attached hydrogens (tertiary/aromatic N) is 2. The highest BCUT2D eigenvalue weighted by molar-refractivity contribution is 7.87. The number of rotatable bonds is 10. The average Bonchev–Trinajstić information content (AvgIpc) is 2.72. The van der Waals surface area contributed by atoms with Crippen molar-refractivity contribution in [3.63, 3.8) is 0 Å². The Morgan fingerprint density at radius 3 is 2.38 bits per heavy atom. The van der Waals surface area contributed by atoms with Crippen LogP contribution in [0.25, 0.3) is 0 Å². The van der Waals surface area contributed by atoms with Crippen LogP contribution in [0.2, 0.25) is 0 Å². The van der Waals surface area contributed by atoms with Crippen LogP contribution in [0.1, 0.15) is 25.3 Å². The smallest absolute Gasteiger partial charge is 0.413 e. The quantitative estimate of drug-likeness (QED) is 0.169. The summed E-state index contributed by atoms with van der Waals surface area (Å²) in [4.78, 5) is 21.9. The minimum atomic E-state index is -4.41. The molecule has 2 rings (SSSR count). The Morgan fingerprint density at radius 1 is 1.22 bits per heavy atom. The molecule has 0 bridgehead atoms. The lowest BCUT2D eigenvalue weighted by molar-refractivity contribution is -0.385. The summed E-state index contributed by atoms with van der Waals surface area (Å²) in [6.45, 7) is 2.03. The highest BCUT2D eigenvalue weighted by atomic mass is 32.2. The molecule has 3 N–H and O–H groups in total. The maximum absolute atomic E-state index is 12.6. The van der Waals surface area contributed by atoms with E-state index >= 15 is 0 Å². The molecule has 0 aliphatic rings. The molecule has 0 heterocycles. The highest BCUT2D eigenvalue weighted by Gasteiger charge is 2.26. The van der Waals surface area contributed by atoms with Crippen LogP contribution in [0.4, 0.5) is 10.5 Å². The molecule has 0 fully saturated rings. The van der Waals surface area contributed by atoms with Gasteiger partial charge in [-0.2, -0.15) is 8.42 Å². The van der Waals surface area contributed by atoms with Crippen molar-refractivity contribution in [1.82, 2.24) is 4.90 Å². The second kappa shape index (κ2) is 10.7. The third-order valence-electron chi connectivity index (χ3n) is 4.16. The molecule has 32 heavy (non-hydrogen) atoms. The van der Waals surface area contributed by atoms with Gasteiger partial charge in [-0.1, -0.05) is 13.3 Å². The van der Waals surface area contributed by atoms with Crippen LogP contribution in [0.3, 0.4) is 0 Å². The zero-order valence-corrected chi connectivity index (χ0v) is 18.6. The standard InChI is InChI=1S/C19H21N3O8S2/c1-2-3-10-29-14-5-7-15(8-6-14)30-32(27,28)16-9-4-13(17(11-16)22(25)26)12-21(18(20)31)19(23)24/h4-9,11H,2-3,10,12H2,1H3,(H2,20,31)(H,23,24). The molecule has 0 unspecified atom stereocenters. The molecule has 13 heteroatoms. The van der Waals surface area contributed by atoms with Gasteiger partial charge in [0.1, 0.15) is 16.4 Å². The van der Waals surface area contributed by atoms with Crippen LogP contribution in [0, 0.1) is 10.1 Å². The van der Waals surface area contributed by atoms with Crippen molar-refractivity contribution in [3.05, 3.63) is 58.1 Å². The molecule has 0 atom stereocenters. The SMILES string of the molecule is CCCCOc1ccc(OS(=O)(=O)c2ccc(CN(C(=O)O)C(N)=S)c([N+](=O)[O-])c2)cc1. The number of nitrogens with two attached hydrogens (primary N) is 1. The Morgan fingerprint density at radius 2 is 1.84 bits per heavy atom. The first kappa shape index (κ1) is 24.8. The van der Waals surface area contributed by atoms with E-state index in [1.807, 2.05) is 6.92 Å². The minimum Gasteiger partial charge on any atom is -0.494 e. The Balaban J connectivity index is 2.26. The molecule has 2 aromatic rings. The van der Waals surface area contributed by atoms with E-state index in [1.54, 1.807) is 12.1 Å². The van der Waals surface area contributed by atoms with Gasteiger partial charge in [0.25, 0.3) is 5.69 Å². The molecule has 0 aliphatic heterocycles. The maximum Gasteiger partial charge on any atom is 0.413 e. The fourth-order valence-corrected chi connectivity index (χ4v) is 3.61. The predicted octanol–water partition coefficient (Wildman–Crippen LogP) is 3.27. The number of hydrogen-bond donors (Lipinski definition) is 2. The van der Waals surface area contributed by atoms with E-state index in [0.717, 1.165) is 31.0 Å². The van der Waals surface area contributed by atoms with Gasteiger partial charge in [-0.15, -0.1) is 0 Å². The molecule has 0 saturated carbocycles. The summed E-state index contributed by atoms with van der Waals surface area (Å²) in [7, 11) is -4.41. The Labute approximate surface area is 189 Å². The number of nitro benzene ring substituents is 1. The van der Waals surface area contributed by atoms with Crippen LogP contribution in [-0.4, -0.2) is 41.2 Å². The van der Waals surface area contributed by atoms with E-state index in [-0.39, 0.29) is 11.3 Å². The van der Waals surface area contributed by atoms with Gasteiger partial charge in [0.2, 0.25) is 0 Å². The normalized spacial score (nSPS) is 10.9. The number of benzene rings is 2. The fourth-order valence-electron chi connectivity index (χ4n) is 2.51. The highest BCUT2D eigenvalue weighted by Crippen LogP contribution is 2.27. The maximum atomic E-state index is 12.6. The monoisotopic (exact) mass is 483 g/mol. The molecule has 11 nitrogen and oxygen atoms in total. The summed E-state index contributed by atoms with van der Waals surface area (Å²) in [5.41, 5.74) is 4.60. The summed E-state index contributed by atoms with van der Waals surface area (Å²) in [5, 5.41) is 20.1. The van der Waals surface area contributed by atoms with E-state index in [0.29, 0.717) is 17.3 Å². The van der Waals surface area contributed by atoms with Gasteiger partial charge in [-0.3, -0.25) is 10.1 Å². The van der Waals surface area contributed by atoms with Crippen molar-refractivity contribution < 1.29 is 32.2 Å². The predicted molar refractivity (Wildman–Crippen MR) is 118 cm³/mol. The third-order valence-corrected chi connectivity index (χ3v) is 5.63. The lowest BCUT2D eigenvalue weighted by Gasteiger charge is -2.17. The van der Waals surface area contributed by atoms with Gasteiger partial charge < -0.3 is 19.8 Å². The summed E-state index contributed by atoms with van der Waals surface area (Å²) in [6, 6.07) is 8.84. The molecular weight excluding hydrogens is 462 g/mol. The molecule has 172 valence electrons. The van der Waals surface area contributed by atoms with Gasteiger partial charge >= 0.3 is 16.2 Å². The third kappa shape index (κ3) is 6.52. The van der Waals surface area contributed by atoms with Crippen LogP contribution in [-0.2, 0) is 16.7 Å². The van der Waals surface area contributed by atoms with Crippen LogP contribution in [0.15, 0.2) is 47.4 Å². The topological polar surface area (TPSA) is 162 Å². The average molecular weight is 484 g/mol. The lowest BCUT2D eigenvalue weighted by Crippen LogP contribution is -2.39. The second-order valence-electron chi connectivity index (χ2n) is 6.47. The first-order valence-corrected chi connectivity index (χ1v) is 11.1. The first-order chi connectivity index (χ1) is 15.0. The van der Waals surface area contributed by atoms with E-state index in [4.69, 9.17) is 19.8 Å². The lowest BCUT2D eigenvalue weighted by atomic mass is 10.1. The number of amides is 1. The molecule has 0 aromatic heterocycles. The van der Waals surface area contributed by atoms with E-state index in [2.05, 4.69) is 12.2 Å². The number of carbonyl (C=O) groups is 1.